The first-order valence-corrected chi connectivity index (χ1v) is 7.45. The highest BCUT2D eigenvalue weighted by Crippen LogP contribution is 2.24. The van der Waals surface area contributed by atoms with Crippen LogP contribution in [0.5, 0.6) is 0 Å². The fourth-order valence-corrected chi connectivity index (χ4v) is 3.15. The van der Waals surface area contributed by atoms with Crippen molar-refractivity contribution in [1.29, 1.82) is 0 Å². The Kier molecular flexibility index (Phi) is 2.88. The molecule has 2 aliphatic rings. The van der Waals surface area contributed by atoms with Crippen LogP contribution in [0.1, 0.15) is 29.0 Å². The van der Waals surface area contributed by atoms with E-state index in [0.717, 1.165) is 48.2 Å². The number of aromatic nitrogens is 2. The molecule has 4 heteroatoms. The number of hydrogen-bond donors (Lipinski definition) is 1. The molecule has 2 aromatic rings. The Morgan fingerprint density at radius 3 is 3.10 bits per heavy atom. The van der Waals surface area contributed by atoms with E-state index in [4.69, 9.17) is 4.98 Å². The van der Waals surface area contributed by atoms with Crippen molar-refractivity contribution in [1.82, 2.24) is 14.9 Å². The minimum absolute atomic E-state index is 0.00239. The summed E-state index contributed by atoms with van der Waals surface area (Å²) < 4.78 is 2.20. The number of carbonyl (C=O) groups excluding carboxylic acids is 1. The van der Waals surface area contributed by atoms with Gasteiger partial charge >= 0.3 is 0 Å². The number of para-hydroxylation sites is 1. The van der Waals surface area contributed by atoms with E-state index in [1.54, 1.807) is 0 Å². The molecule has 1 aromatic heterocycles. The Hall–Kier alpha value is -2.36. The highest BCUT2D eigenvalue weighted by atomic mass is 16.1. The molecule has 2 heterocycles. The maximum Gasteiger partial charge on any atom is 0.253 e. The van der Waals surface area contributed by atoms with Crippen molar-refractivity contribution in [2.24, 2.45) is 0 Å². The molecule has 0 fully saturated rings. The number of nitrogens with zero attached hydrogens (tertiary/aromatic N) is 2. The minimum Gasteiger partial charge on any atom is -0.350 e. The second-order valence-corrected chi connectivity index (χ2v) is 5.54. The summed E-state index contributed by atoms with van der Waals surface area (Å²) in [5.74, 6) is 1.05. The molecule has 106 valence electrons. The van der Waals surface area contributed by atoms with Gasteiger partial charge in [-0.15, -0.1) is 0 Å². The van der Waals surface area contributed by atoms with Crippen molar-refractivity contribution in [3.05, 3.63) is 53.4 Å². The smallest absolute Gasteiger partial charge is 0.253 e. The van der Waals surface area contributed by atoms with Gasteiger partial charge in [0.25, 0.3) is 5.91 Å². The van der Waals surface area contributed by atoms with Gasteiger partial charge in [0.05, 0.1) is 16.6 Å². The normalized spacial score (nSPS) is 17.5. The van der Waals surface area contributed by atoms with E-state index in [1.165, 1.54) is 5.57 Å². The Balaban J connectivity index is 1.84. The van der Waals surface area contributed by atoms with Crippen molar-refractivity contribution in [3.8, 4) is 0 Å². The number of rotatable bonds is 2. The highest BCUT2D eigenvalue weighted by molar-refractivity contribution is 6.05. The molecule has 1 aliphatic carbocycles. The van der Waals surface area contributed by atoms with Gasteiger partial charge < -0.3 is 9.88 Å². The van der Waals surface area contributed by atoms with Gasteiger partial charge in [0.2, 0.25) is 0 Å². The standard InChI is InChI=1S/C17H17N3O/c21-17-13-7-4-8-14-16(13)20(10-9-18-17)15(19-14)11-12-5-2-1-3-6-12/h2,4-8H,1,3,9-11H2,(H,18,21). The summed E-state index contributed by atoms with van der Waals surface area (Å²) in [7, 11) is 0. The van der Waals surface area contributed by atoms with Crippen LogP contribution < -0.4 is 5.32 Å². The van der Waals surface area contributed by atoms with Gasteiger partial charge in [-0.2, -0.15) is 0 Å². The van der Waals surface area contributed by atoms with Crippen LogP contribution in [0.2, 0.25) is 0 Å². The van der Waals surface area contributed by atoms with E-state index in [0.29, 0.717) is 6.54 Å². The zero-order valence-electron chi connectivity index (χ0n) is 11.8. The minimum atomic E-state index is 0.00239. The first-order chi connectivity index (χ1) is 10.3. The predicted molar refractivity (Wildman–Crippen MR) is 82.2 cm³/mol. The van der Waals surface area contributed by atoms with Crippen LogP contribution in [-0.4, -0.2) is 22.0 Å². The van der Waals surface area contributed by atoms with Crippen LogP contribution in [0.15, 0.2) is 42.0 Å². The Bertz CT molecular complexity index is 783. The maximum absolute atomic E-state index is 12.1. The second-order valence-electron chi connectivity index (χ2n) is 5.54. The average Bonchev–Trinajstić information content (AvgIpc) is 2.75. The topological polar surface area (TPSA) is 46.9 Å². The molecule has 0 bridgehead atoms. The molecule has 0 saturated heterocycles. The van der Waals surface area contributed by atoms with Gasteiger partial charge in [-0.05, 0) is 30.5 Å². The van der Waals surface area contributed by atoms with Gasteiger partial charge in [0.15, 0.2) is 0 Å². The van der Waals surface area contributed by atoms with Crippen LogP contribution in [-0.2, 0) is 13.0 Å². The van der Waals surface area contributed by atoms with E-state index in [9.17, 15) is 4.79 Å². The molecule has 21 heavy (non-hydrogen) atoms. The Labute approximate surface area is 123 Å². The lowest BCUT2D eigenvalue weighted by molar-refractivity contribution is 0.0956. The molecule has 0 radical (unpaired) electrons. The predicted octanol–water partition coefficient (Wildman–Crippen LogP) is 2.60. The Morgan fingerprint density at radius 2 is 2.24 bits per heavy atom. The van der Waals surface area contributed by atoms with Gasteiger partial charge in [-0.1, -0.05) is 24.3 Å². The second kappa shape index (κ2) is 4.88. The number of carbonyl (C=O) groups is 1. The van der Waals surface area contributed by atoms with Crippen molar-refractivity contribution >= 4 is 16.9 Å². The van der Waals surface area contributed by atoms with Crippen molar-refractivity contribution in [2.45, 2.75) is 25.8 Å². The average molecular weight is 279 g/mol. The van der Waals surface area contributed by atoms with E-state index in [-0.39, 0.29) is 5.91 Å². The molecule has 0 unspecified atom stereocenters. The monoisotopic (exact) mass is 279 g/mol. The van der Waals surface area contributed by atoms with Crippen molar-refractivity contribution < 1.29 is 4.79 Å². The molecular formula is C17H17N3O. The van der Waals surface area contributed by atoms with Crippen LogP contribution >= 0.6 is 0 Å². The largest absolute Gasteiger partial charge is 0.350 e. The highest BCUT2D eigenvalue weighted by Gasteiger charge is 2.21. The van der Waals surface area contributed by atoms with E-state index in [2.05, 4.69) is 28.1 Å². The van der Waals surface area contributed by atoms with Gasteiger partial charge in [0.1, 0.15) is 5.82 Å². The maximum atomic E-state index is 12.1. The molecule has 0 saturated carbocycles. The quantitative estimate of drug-likeness (QED) is 0.918. The molecular weight excluding hydrogens is 262 g/mol. The zero-order chi connectivity index (χ0) is 14.2. The summed E-state index contributed by atoms with van der Waals surface area (Å²) in [4.78, 5) is 16.9. The van der Waals surface area contributed by atoms with Crippen molar-refractivity contribution in [2.75, 3.05) is 6.54 Å². The summed E-state index contributed by atoms with van der Waals surface area (Å²) in [5, 5.41) is 2.95. The van der Waals surface area contributed by atoms with E-state index >= 15 is 0 Å². The molecule has 1 aliphatic heterocycles. The molecule has 1 aromatic carbocycles. The first-order valence-electron chi connectivity index (χ1n) is 7.45. The number of hydrogen-bond acceptors (Lipinski definition) is 2. The molecule has 4 rings (SSSR count). The molecule has 0 spiro atoms. The number of benzene rings is 1. The number of nitrogens with one attached hydrogen (secondary N) is 1. The summed E-state index contributed by atoms with van der Waals surface area (Å²) in [5.41, 5.74) is 3.94. The third kappa shape index (κ3) is 2.07. The van der Waals surface area contributed by atoms with Crippen LogP contribution in [0.3, 0.4) is 0 Å². The van der Waals surface area contributed by atoms with Crippen molar-refractivity contribution in [3.63, 3.8) is 0 Å². The fourth-order valence-electron chi connectivity index (χ4n) is 3.15. The number of imidazole rings is 1. The molecule has 1 N–H and O–H groups in total. The molecule has 4 nitrogen and oxygen atoms in total. The van der Waals surface area contributed by atoms with Gasteiger partial charge in [0, 0.05) is 19.5 Å². The van der Waals surface area contributed by atoms with Crippen LogP contribution in [0.4, 0.5) is 0 Å². The first kappa shape index (κ1) is 12.4. The summed E-state index contributed by atoms with van der Waals surface area (Å²) in [6.07, 6.45) is 9.76. The molecule has 1 amide bonds. The van der Waals surface area contributed by atoms with Crippen LogP contribution in [0, 0.1) is 0 Å². The van der Waals surface area contributed by atoms with Gasteiger partial charge in [-0.3, -0.25) is 4.79 Å². The van der Waals surface area contributed by atoms with E-state index in [1.807, 2.05) is 18.2 Å². The SMILES string of the molecule is O=C1NCCn2c(CC3=CCCC=C3)nc3cccc1c32. The zero-order valence-corrected chi connectivity index (χ0v) is 11.8. The van der Waals surface area contributed by atoms with Crippen LogP contribution in [0.25, 0.3) is 11.0 Å². The molecule has 0 atom stereocenters. The lowest BCUT2D eigenvalue weighted by Crippen LogP contribution is -2.24. The summed E-state index contributed by atoms with van der Waals surface area (Å²) in [6, 6.07) is 5.77. The third-order valence-corrected chi connectivity index (χ3v) is 4.15. The lowest BCUT2D eigenvalue weighted by atomic mass is 10.0. The third-order valence-electron chi connectivity index (χ3n) is 4.15. The Morgan fingerprint density at radius 1 is 1.29 bits per heavy atom. The van der Waals surface area contributed by atoms with E-state index < -0.39 is 0 Å². The van der Waals surface area contributed by atoms with Gasteiger partial charge in [-0.25, -0.2) is 4.98 Å². The summed E-state index contributed by atoms with van der Waals surface area (Å²) >= 11 is 0. The fraction of sp³-hybridized carbons (Fsp3) is 0.294. The lowest BCUT2D eigenvalue weighted by Gasteiger charge is -2.09. The number of amides is 1. The summed E-state index contributed by atoms with van der Waals surface area (Å²) in [6.45, 7) is 1.44. The number of allylic oxidation sites excluding steroid dienone is 4.